The first-order valence-corrected chi connectivity index (χ1v) is 9.05. The minimum Gasteiger partial charge on any atom is -0.421 e. The molecule has 0 bridgehead atoms. The summed E-state index contributed by atoms with van der Waals surface area (Å²) in [5.74, 6) is 1.38. The zero-order chi connectivity index (χ0) is 16.4. The fourth-order valence-electron chi connectivity index (χ4n) is 3.73. The highest BCUT2D eigenvalue weighted by atomic mass is 16.5. The number of aromatic nitrogens is 4. The summed E-state index contributed by atoms with van der Waals surface area (Å²) < 4.78 is 13.7. The van der Waals surface area contributed by atoms with Crippen LogP contribution in [0.3, 0.4) is 0 Å². The van der Waals surface area contributed by atoms with Crippen molar-refractivity contribution in [1.29, 1.82) is 0 Å². The van der Waals surface area contributed by atoms with Crippen molar-refractivity contribution in [1.82, 2.24) is 24.9 Å². The van der Waals surface area contributed by atoms with E-state index in [0.717, 1.165) is 51.4 Å². The second-order valence-corrected chi connectivity index (χ2v) is 6.60. The van der Waals surface area contributed by atoms with Gasteiger partial charge in [0.15, 0.2) is 0 Å². The van der Waals surface area contributed by atoms with Gasteiger partial charge in [-0.2, -0.15) is 5.10 Å². The lowest BCUT2D eigenvalue weighted by Gasteiger charge is -2.33. The van der Waals surface area contributed by atoms with E-state index in [1.54, 1.807) is 0 Å². The molecule has 2 aliphatic heterocycles. The fraction of sp³-hybridized carbons (Fsp3) is 0.706. The summed E-state index contributed by atoms with van der Waals surface area (Å²) in [5, 5.41) is 13.0. The quantitative estimate of drug-likeness (QED) is 0.839. The Morgan fingerprint density at radius 3 is 2.92 bits per heavy atom. The third-order valence-corrected chi connectivity index (χ3v) is 5.03. The van der Waals surface area contributed by atoms with E-state index in [1.165, 1.54) is 18.5 Å². The molecule has 0 amide bonds. The van der Waals surface area contributed by atoms with Crippen LogP contribution in [0.5, 0.6) is 0 Å². The average molecular weight is 331 g/mol. The first-order chi connectivity index (χ1) is 11.8. The largest absolute Gasteiger partial charge is 0.421 e. The van der Waals surface area contributed by atoms with Gasteiger partial charge >= 0.3 is 0 Å². The Bertz CT molecular complexity index is 661. The summed E-state index contributed by atoms with van der Waals surface area (Å²) in [6.07, 6.45) is 7.39. The fourth-order valence-corrected chi connectivity index (χ4v) is 3.73. The molecule has 7 nitrogen and oxygen atoms in total. The van der Waals surface area contributed by atoms with Crippen LogP contribution in [0.2, 0.25) is 0 Å². The van der Waals surface area contributed by atoms with E-state index in [9.17, 15) is 0 Å². The molecule has 2 saturated heterocycles. The Hall–Kier alpha value is -1.73. The van der Waals surface area contributed by atoms with Crippen LogP contribution in [0.4, 0.5) is 0 Å². The van der Waals surface area contributed by atoms with E-state index < -0.39 is 0 Å². The van der Waals surface area contributed by atoms with E-state index in [1.807, 2.05) is 6.20 Å². The molecule has 0 aliphatic carbocycles. The van der Waals surface area contributed by atoms with Gasteiger partial charge in [0.2, 0.25) is 11.8 Å². The van der Waals surface area contributed by atoms with Crippen molar-refractivity contribution >= 4 is 0 Å². The Labute approximate surface area is 142 Å². The highest BCUT2D eigenvalue weighted by Gasteiger charge is 2.31. The van der Waals surface area contributed by atoms with Gasteiger partial charge < -0.3 is 9.15 Å². The molecular formula is C17H25N5O2. The third-order valence-electron chi connectivity index (χ3n) is 5.03. The standard InChI is InChI=1S/C17H25N5O2/c1-2-22-13(8-9-18-22)12-21-10-4-3-6-14(21)16-19-20-17(24-16)15-7-5-11-23-15/h8-9,14-15H,2-7,10-12H2,1H3/t14?,15-/m1/s1. The van der Waals surface area contributed by atoms with Crippen LogP contribution < -0.4 is 0 Å². The summed E-state index contributed by atoms with van der Waals surface area (Å²) >= 11 is 0. The van der Waals surface area contributed by atoms with Crippen LogP contribution in [0.25, 0.3) is 0 Å². The smallest absolute Gasteiger partial charge is 0.245 e. The highest BCUT2D eigenvalue weighted by molar-refractivity contribution is 5.03. The van der Waals surface area contributed by atoms with Gasteiger partial charge in [0, 0.05) is 25.9 Å². The topological polar surface area (TPSA) is 69.2 Å². The van der Waals surface area contributed by atoms with Gasteiger partial charge in [-0.3, -0.25) is 9.58 Å². The van der Waals surface area contributed by atoms with E-state index in [-0.39, 0.29) is 12.1 Å². The van der Waals surface area contributed by atoms with Crippen LogP contribution in [0.1, 0.15) is 68.6 Å². The molecular weight excluding hydrogens is 306 g/mol. The van der Waals surface area contributed by atoms with Crippen molar-refractivity contribution < 1.29 is 9.15 Å². The molecule has 0 spiro atoms. The maximum atomic E-state index is 6.00. The Kier molecular flexibility index (Phi) is 4.62. The lowest BCUT2D eigenvalue weighted by molar-refractivity contribution is 0.0789. The van der Waals surface area contributed by atoms with E-state index >= 15 is 0 Å². The zero-order valence-corrected chi connectivity index (χ0v) is 14.2. The summed E-state index contributed by atoms with van der Waals surface area (Å²) in [4.78, 5) is 2.44. The molecule has 4 heterocycles. The third kappa shape index (κ3) is 3.10. The molecule has 4 rings (SSSR count). The van der Waals surface area contributed by atoms with Crippen LogP contribution in [-0.4, -0.2) is 38.0 Å². The molecule has 2 aromatic rings. The lowest BCUT2D eigenvalue weighted by atomic mass is 10.0. The van der Waals surface area contributed by atoms with E-state index in [4.69, 9.17) is 9.15 Å². The van der Waals surface area contributed by atoms with Crippen molar-refractivity contribution in [2.75, 3.05) is 13.2 Å². The van der Waals surface area contributed by atoms with Gasteiger partial charge in [-0.15, -0.1) is 10.2 Å². The molecule has 2 aromatic heterocycles. The summed E-state index contributed by atoms with van der Waals surface area (Å²) in [6, 6.07) is 2.29. The second kappa shape index (κ2) is 7.03. The maximum absolute atomic E-state index is 6.00. The van der Waals surface area contributed by atoms with Crippen molar-refractivity contribution in [3.8, 4) is 0 Å². The van der Waals surface area contributed by atoms with Gasteiger partial charge in [-0.05, 0) is 45.2 Å². The van der Waals surface area contributed by atoms with Crippen LogP contribution in [-0.2, 0) is 17.8 Å². The molecule has 2 fully saturated rings. The summed E-state index contributed by atoms with van der Waals surface area (Å²) in [5.41, 5.74) is 1.24. The first kappa shape index (κ1) is 15.8. The van der Waals surface area contributed by atoms with Gasteiger partial charge in [-0.1, -0.05) is 6.42 Å². The molecule has 1 unspecified atom stereocenters. The number of rotatable bonds is 5. The maximum Gasteiger partial charge on any atom is 0.245 e. The second-order valence-electron chi connectivity index (χ2n) is 6.60. The number of ether oxygens (including phenoxy) is 1. The molecule has 130 valence electrons. The summed E-state index contributed by atoms with van der Waals surface area (Å²) in [7, 11) is 0. The van der Waals surface area contributed by atoms with Gasteiger partial charge in [-0.25, -0.2) is 0 Å². The number of nitrogens with zero attached hydrogens (tertiary/aromatic N) is 5. The first-order valence-electron chi connectivity index (χ1n) is 9.05. The molecule has 0 radical (unpaired) electrons. The number of hydrogen-bond acceptors (Lipinski definition) is 6. The summed E-state index contributed by atoms with van der Waals surface area (Å²) in [6.45, 7) is 5.73. The molecule has 24 heavy (non-hydrogen) atoms. The number of hydrogen-bond donors (Lipinski definition) is 0. The van der Waals surface area contributed by atoms with E-state index in [2.05, 4.69) is 37.9 Å². The van der Waals surface area contributed by atoms with Crippen molar-refractivity contribution in [3.05, 3.63) is 29.7 Å². The van der Waals surface area contributed by atoms with Crippen LogP contribution in [0.15, 0.2) is 16.7 Å². The minimum absolute atomic E-state index is 0.00943. The monoisotopic (exact) mass is 331 g/mol. The molecule has 7 heteroatoms. The van der Waals surface area contributed by atoms with Crippen molar-refractivity contribution in [2.24, 2.45) is 0 Å². The van der Waals surface area contributed by atoms with Gasteiger partial charge in [0.05, 0.1) is 11.7 Å². The van der Waals surface area contributed by atoms with Crippen LogP contribution in [0, 0.1) is 0 Å². The predicted molar refractivity (Wildman–Crippen MR) is 87.1 cm³/mol. The Morgan fingerprint density at radius 2 is 2.08 bits per heavy atom. The highest BCUT2D eigenvalue weighted by Crippen LogP contribution is 2.34. The van der Waals surface area contributed by atoms with Crippen molar-refractivity contribution in [2.45, 2.75) is 64.3 Å². The number of piperidine rings is 1. The normalized spacial score (nSPS) is 25.4. The SMILES string of the molecule is CCn1nccc1CN1CCCCC1c1nnc([C@H]2CCCO2)o1. The average Bonchev–Trinajstić information content (AvgIpc) is 3.36. The molecule has 0 aromatic carbocycles. The number of likely N-dealkylation sites (tertiary alicyclic amines) is 1. The predicted octanol–water partition coefficient (Wildman–Crippen LogP) is 2.86. The Balaban J connectivity index is 1.51. The Morgan fingerprint density at radius 1 is 1.17 bits per heavy atom. The minimum atomic E-state index is -0.00943. The van der Waals surface area contributed by atoms with E-state index in [0.29, 0.717) is 5.89 Å². The molecule has 2 atom stereocenters. The molecule has 2 aliphatic rings. The number of aryl methyl sites for hydroxylation is 1. The molecule has 0 N–H and O–H groups in total. The van der Waals surface area contributed by atoms with Crippen molar-refractivity contribution in [3.63, 3.8) is 0 Å². The zero-order valence-electron chi connectivity index (χ0n) is 14.2. The van der Waals surface area contributed by atoms with Crippen LogP contribution >= 0.6 is 0 Å². The lowest BCUT2D eigenvalue weighted by Crippen LogP contribution is -2.33. The van der Waals surface area contributed by atoms with Gasteiger partial charge in [0.25, 0.3) is 0 Å². The molecule has 0 saturated carbocycles. The van der Waals surface area contributed by atoms with Gasteiger partial charge in [0.1, 0.15) is 6.10 Å².